The number of pyridine rings is 1. The third-order valence-electron chi connectivity index (χ3n) is 7.01. The van der Waals surface area contributed by atoms with Gasteiger partial charge in [-0.05, 0) is 49.2 Å². The number of hydrogen-bond donors (Lipinski definition) is 4. The second-order valence-corrected chi connectivity index (χ2v) is 10.1. The van der Waals surface area contributed by atoms with Crippen molar-refractivity contribution in [3.8, 4) is 16.9 Å². The Bertz CT molecular complexity index is 1600. The van der Waals surface area contributed by atoms with Crippen LogP contribution in [-0.4, -0.2) is 56.5 Å². The first-order chi connectivity index (χ1) is 20.3. The number of anilines is 1. The molecule has 0 aliphatic rings. The van der Waals surface area contributed by atoms with E-state index in [-0.39, 0.29) is 23.2 Å². The summed E-state index contributed by atoms with van der Waals surface area (Å²) in [6, 6.07) is 10.2. The van der Waals surface area contributed by atoms with Crippen LogP contribution >= 0.6 is 0 Å². The van der Waals surface area contributed by atoms with Crippen LogP contribution in [0, 0.1) is 18.6 Å². The Kier molecular flexibility index (Phi) is 10.3. The fourth-order valence-corrected chi connectivity index (χ4v) is 4.69. The van der Waals surface area contributed by atoms with E-state index in [9.17, 15) is 28.6 Å². The predicted molar refractivity (Wildman–Crippen MR) is 158 cm³/mol. The highest BCUT2D eigenvalue weighted by Crippen LogP contribution is 2.32. The summed E-state index contributed by atoms with van der Waals surface area (Å²) in [5, 5.41) is 25.3. The van der Waals surface area contributed by atoms with Crippen LogP contribution in [0.3, 0.4) is 0 Å². The number of nitrogens with one attached hydrogen (secondary N) is 2. The number of fused-ring (bicyclic) bond motifs is 1. The number of nitrogens with zero attached hydrogens (tertiary/aromatic N) is 3. The number of aliphatic hydroxyl groups excluding tert-OH is 2. The maximum absolute atomic E-state index is 14.9. The van der Waals surface area contributed by atoms with Gasteiger partial charge in [0.2, 0.25) is 5.95 Å². The number of aryl methyl sites for hydroxylation is 1. The molecule has 0 aliphatic heterocycles. The van der Waals surface area contributed by atoms with Gasteiger partial charge in [0.05, 0.1) is 24.9 Å². The maximum Gasteiger partial charge on any atom is 0.256 e. The molecular weight excluding hydrogens is 544 g/mol. The minimum absolute atomic E-state index is 0.0944. The number of unbranched alkanes of at least 4 members (excludes halogenated alkanes) is 4. The number of amides is 1. The van der Waals surface area contributed by atoms with Gasteiger partial charge in [-0.3, -0.25) is 14.2 Å². The Hall–Kier alpha value is -4.22. The van der Waals surface area contributed by atoms with Gasteiger partial charge in [0.15, 0.2) is 5.65 Å². The molecule has 2 aromatic carbocycles. The normalized spacial score (nSPS) is 11.3. The van der Waals surface area contributed by atoms with Crippen LogP contribution in [0.1, 0.15) is 54.9 Å². The summed E-state index contributed by atoms with van der Waals surface area (Å²) >= 11 is 0. The minimum atomic E-state index is -0.965. The van der Waals surface area contributed by atoms with Crippen LogP contribution in [0.25, 0.3) is 28.0 Å². The number of aromatic nitrogens is 3. The highest BCUT2D eigenvalue weighted by atomic mass is 19.1. The molecule has 0 saturated heterocycles. The second-order valence-electron chi connectivity index (χ2n) is 10.1. The van der Waals surface area contributed by atoms with Gasteiger partial charge in [-0.2, -0.15) is 4.98 Å². The van der Waals surface area contributed by atoms with Crippen molar-refractivity contribution >= 4 is 22.9 Å². The van der Waals surface area contributed by atoms with E-state index in [2.05, 4.69) is 27.5 Å². The number of carbonyl (C=O) groups excluding carboxylic acids is 1. The Balaban J connectivity index is 1.86. The molecule has 11 heteroatoms. The molecule has 0 bridgehead atoms. The van der Waals surface area contributed by atoms with Crippen molar-refractivity contribution in [1.29, 1.82) is 0 Å². The molecule has 1 amide bonds. The van der Waals surface area contributed by atoms with Crippen LogP contribution in [0.5, 0.6) is 0 Å². The lowest BCUT2D eigenvalue weighted by molar-refractivity contribution is 0.0953. The van der Waals surface area contributed by atoms with Crippen molar-refractivity contribution in [3.05, 3.63) is 81.6 Å². The summed E-state index contributed by atoms with van der Waals surface area (Å²) in [7, 11) is 0. The molecule has 0 fully saturated rings. The van der Waals surface area contributed by atoms with Gasteiger partial charge in [-0.1, -0.05) is 44.7 Å². The molecular formula is C31H35F2N5O4. The fraction of sp³-hybridized carbons (Fsp3) is 0.355. The highest BCUT2D eigenvalue weighted by molar-refractivity contribution is 5.98. The van der Waals surface area contributed by atoms with Gasteiger partial charge >= 0.3 is 0 Å². The summed E-state index contributed by atoms with van der Waals surface area (Å²) in [4.78, 5) is 35.0. The van der Waals surface area contributed by atoms with Gasteiger partial charge in [0, 0.05) is 29.1 Å². The molecule has 0 radical (unpaired) electrons. The number of rotatable bonds is 13. The van der Waals surface area contributed by atoms with Crippen LogP contribution in [0.15, 0.2) is 53.3 Å². The summed E-state index contributed by atoms with van der Waals surface area (Å²) < 4.78 is 30.7. The monoisotopic (exact) mass is 579 g/mol. The van der Waals surface area contributed by atoms with Gasteiger partial charge in [0.25, 0.3) is 11.5 Å². The third kappa shape index (κ3) is 6.80. The van der Waals surface area contributed by atoms with Gasteiger partial charge in [0.1, 0.15) is 17.3 Å². The molecule has 4 N–H and O–H groups in total. The molecule has 0 saturated carbocycles. The second kappa shape index (κ2) is 14.1. The number of hydrogen-bond acceptors (Lipinski definition) is 7. The van der Waals surface area contributed by atoms with Crippen LogP contribution in [-0.2, 0) is 0 Å². The number of benzene rings is 2. The minimum Gasteiger partial charge on any atom is -0.394 e. The fourth-order valence-electron chi connectivity index (χ4n) is 4.69. The molecule has 2 aromatic heterocycles. The highest BCUT2D eigenvalue weighted by Gasteiger charge is 2.21. The maximum atomic E-state index is 14.9. The topological polar surface area (TPSA) is 129 Å². The van der Waals surface area contributed by atoms with E-state index in [1.54, 1.807) is 18.2 Å². The Morgan fingerprint density at radius 2 is 1.69 bits per heavy atom. The van der Waals surface area contributed by atoms with E-state index in [0.29, 0.717) is 23.1 Å². The van der Waals surface area contributed by atoms with E-state index in [0.717, 1.165) is 54.4 Å². The average Bonchev–Trinajstić information content (AvgIpc) is 2.98. The number of para-hydroxylation sites is 1. The van der Waals surface area contributed by atoms with E-state index in [1.807, 2.05) is 6.92 Å². The molecule has 4 aromatic rings. The molecule has 2 heterocycles. The zero-order chi connectivity index (χ0) is 30.2. The van der Waals surface area contributed by atoms with E-state index >= 15 is 0 Å². The van der Waals surface area contributed by atoms with Crippen molar-refractivity contribution < 1.29 is 23.8 Å². The van der Waals surface area contributed by atoms with Crippen molar-refractivity contribution in [1.82, 2.24) is 19.9 Å². The summed E-state index contributed by atoms with van der Waals surface area (Å²) in [5.74, 6) is -2.28. The first-order valence-electron chi connectivity index (χ1n) is 14.0. The van der Waals surface area contributed by atoms with Crippen molar-refractivity contribution in [2.75, 3.05) is 25.1 Å². The molecule has 222 valence electrons. The average molecular weight is 580 g/mol. The smallest absolute Gasteiger partial charge is 0.256 e. The standard InChI is InChI=1S/C31H35F2N5O4/c1-3-4-5-6-7-15-34-30(42)20-12-11-19(2)23(16-20)27-22-13-14-26(41)38(28-24(32)9-8-10-25(28)33)29(22)37-31(36-27)35-21(17-39)18-40/h8-14,16,21,39-40H,3-7,15,17-18H2,1-2H3,(H,34,42)(H,35,36,37). The molecule has 0 atom stereocenters. The summed E-state index contributed by atoms with van der Waals surface area (Å²) in [6.45, 7) is 3.60. The lowest BCUT2D eigenvalue weighted by Gasteiger charge is -2.18. The largest absolute Gasteiger partial charge is 0.394 e. The van der Waals surface area contributed by atoms with Crippen LogP contribution < -0.4 is 16.2 Å². The van der Waals surface area contributed by atoms with Gasteiger partial charge in [-0.15, -0.1) is 0 Å². The molecule has 0 spiro atoms. The van der Waals surface area contributed by atoms with E-state index < -0.39 is 42.1 Å². The number of carbonyl (C=O) groups is 1. The molecule has 0 aliphatic carbocycles. The van der Waals surface area contributed by atoms with Gasteiger partial charge in [-0.25, -0.2) is 13.8 Å². The zero-order valence-electron chi connectivity index (χ0n) is 23.7. The van der Waals surface area contributed by atoms with E-state index in [1.165, 1.54) is 18.2 Å². The third-order valence-corrected chi connectivity index (χ3v) is 7.01. The molecule has 0 unspecified atom stereocenters. The number of halogens is 2. The Morgan fingerprint density at radius 3 is 2.38 bits per heavy atom. The SMILES string of the molecule is CCCCCCCNC(=O)c1ccc(C)c(-c2nc(NC(CO)CO)nc3c2ccc(=O)n3-c2c(F)cccc2F)c1. The zero-order valence-corrected chi connectivity index (χ0v) is 23.7. The Labute approximate surface area is 242 Å². The first-order valence-corrected chi connectivity index (χ1v) is 14.0. The van der Waals surface area contributed by atoms with E-state index in [4.69, 9.17) is 0 Å². The number of aliphatic hydroxyl groups is 2. The molecule has 9 nitrogen and oxygen atoms in total. The summed E-state index contributed by atoms with van der Waals surface area (Å²) in [6.07, 6.45) is 5.32. The first kappa shape index (κ1) is 30.7. The van der Waals surface area contributed by atoms with Crippen molar-refractivity contribution in [2.45, 2.75) is 52.0 Å². The molecule has 4 rings (SSSR count). The molecule has 42 heavy (non-hydrogen) atoms. The van der Waals surface area contributed by atoms with Crippen LogP contribution in [0.4, 0.5) is 14.7 Å². The van der Waals surface area contributed by atoms with Crippen molar-refractivity contribution in [2.24, 2.45) is 0 Å². The quantitative estimate of drug-likeness (QED) is 0.172. The van der Waals surface area contributed by atoms with Crippen LogP contribution in [0.2, 0.25) is 0 Å². The lowest BCUT2D eigenvalue weighted by atomic mass is 9.99. The van der Waals surface area contributed by atoms with Crippen molar-refractivity contribution in [3.63, 3.8) is 0 Å². The Morgan fingerprint density at radius 1 is 0.976 bits per heavy atom. The predicted octanol–water partition coefficient (Wildman–Crippen LogP) is 4.50. The summed E-state index contributed by atoms with van der Waals surface area (Å²) in [5.41, 5.74) is 0.518. The lowest BCUT2D eigenvalue weighted by Crippen LogP contribution is -2.29. The van der Waals surface area contributed by atoms with Gasteiger partial charge < -0.3 is 20.8 Å².